The Bertz CT molecular complexity index is 1220. The van der Waals surface area contributed by atoms with Crippen LogP contribution in [0.15, 0.2) is 78.9 Å². The number of anilines is 1. The number of nitrogens with one attached hydrogen (secondary N) is 1. The quantitative estimate of drug-likeness (QED) is 0.295. The predicted molar refractivity (Wildman–Crippen MR) is 137 cm³/mol. The molecule has 0 saturated carbocycles. The molecule has 1 aliphatic carbocycles. The zero-order valence-electron chi connectivity index (χ0n) is 20.2. The highest BCUT2D eigenvalue weighted by Crippen LogP contribution is 2.50. The van der Waals surface area contributed by atoms with Crippen molar-refractivity contribution < 1.29 is 19.0 Å². The third-order valence-electron chi connectivity index (χ3n) is 6.74. The van der Waals surface area contributed by atoms with Gasteiger partial charge in [0, 0.05) is 11.6 Å². The van der Waals surface area contributed by atoms with Gasteiger partial charge in [0.25, 0.3) is 0 Å². The molecule has 0 unspecified atom stereocenters. The Hall–Kier alpha value is -3.73. The SMILES string of the molecule is CCOC(=O)c1ccc2c(c1)[C@@H]1C=CC[C@@H]1[C@H](c1ccc(OCc3ccccc3)c(OCC)c1)N2. The monoisotopic (exact) mass is 469 g/mol. The lowest BCUT2D eigenvalue weighted by atomic mass is 9.76. The Balaban J connectivity index is 1.41. The lowest BCUT2D eigenvalue weighted by molar-refractivity contribution is 0.0526. The molecule has 5 nitrogen and oxygen atoms in total. The van der Waals surface area contributed by atoms with Crippen LogP contribution in [-0.2, 0) is 11.3 Å². The molecule has 180 valence electrons. The largest absolute Gasteiger partial charge is 0.490 e. The molecule has 0 radical (unpaired) electrons. The van der Waals surface area contributed by atoms with Crippen molar-refractivity contribution >= 4 is 11.7 Å². The van der Waals surface area contributed by atoms with E-state index in [1.165, 1.54) is 5.56 Å². The molecule has 0 saturated heterocycles. The van der Waals surface area contributed by atoms with E-state index in [-0.39, 0.29) is 17.9 Å². The third-order valence-corrected chi connectivity index (χ3v) is 6.74. The number of esters is 1. The molecule has 0 spiro atoms. The standard InChI is InChI=1S/C30H31NO4/c1-3-33-28-18-21(14-16-27(28)35-19-20-9-6-5-7-10-20)29-24-12-8-11-23(24)25-17-22(30(32)34-4-2)13-15-26(25)31-29/h5-11,13-18,23-24,29,31H,3-4,12,19H2,1-2H3/t23-,24+,29+/m1/s1. The molecular weight excluding hydrogens is 438 g/mol. The average molecular weight is 470 g/mol. The highest BCUT2D eigenvalue weighted by molar-refractivity contribution is 5.90. The maximum Gasteiger partial charge on any atom is 0.338 e. The molecule has 3 aromatic carbocycles. The summed E-state index contributed by atoms with van der Waals surface area (Å²) in [7, 11) is 0. The van der Waals surface area contributed by atoms with Crippen molar-refractivity contribution in [1.82, 2.24) is 0 Å². The van der Waals surface area contributed by atoms with Gasteiger partial charge < -0.3 is 19.5 Å². The molecule has 1 aliphatic heterocycles. The molecule has 1 heterocycles. The number of carbonyl (C=O) groups is 1. The molecule has 35 heavy (non-hydrogen) atoms. The van der Waals surface area contributed by atoms with Crippen molar-refractivity contribution in [3.63, 3.8) is 0 Å². The molecular formula is C30H31NO4. The lowest BCUT2D eigenvalue weighted by Crippen LogP contribution is -2.29. The van der Waals surface area contributed by atoms with Gasteiger partial charge in [-0.25, -0.2) is 4.79 Å². The highest BCUT2D eigenvalue weighted by atomic mass is 16.5. The number of ether oxygens (including phenoxy) is 3. The summed E-state index contributed by atoms with van der Waals surface area (Å²) in [4.78, 5) is 12.3. The van der Waals surface area contributed by atoms with E-state index in [0.717, 1.165) is 34.7 Å². The molecule has 1 N–H and O–H groups in total. The van der Waals surface area contributed by atoms with Gasteiger partial charge in [0.1, 0.15) is 6.61 Å². The first-order chi connectivity index (χ1) is 17.2. The minimum Gasteiger partial charge on any atom is -0.490 e. The summed E-state index contributed by atoms with van der Waals surface area (Å²) in [5.74, 6) is 1.83. The first kappa shape index (κ1) is 23.0. The second kappa shape index (κ2) is 10.3. The number of carbonyl (C=O) groups excluding carboxylic acids is 1. The smallest absolute Gasteiger partial charge is 0.338 e. The van der Waals surface area contributed by atoms with Crippen molar-refractivity contribution in [1.29, 1.82) is 0 Å². The summed E-state index contributed by atoms with van der Waals surface area (Å²) < 4.78 is 17.3. The number of fused-ring (bicyclic) bond motifs is 3. The normalized spacial score (nSPS) is 19.9. The minimum absolute atomic E-state index is 0.123. The Morgan fingerprint density at radius 1 is 0.943 bits per heavy atom. The molecule has 0 aromatic heterocycles. The zero-order valence-corrected chi connectivity index (χ0v) is 20.2. The maximum absolute atomic E-state index is 12.3. The van der Waals surface area contributed by atoms with Crippen LogP contribution in [0.2, 0.25) is 0 Å². The van der Waals surface area contributed by atoms with Crippen LogP contribution in [0.3, 0.4) is 0 Å². The van der Waals surface area contributed by atoms with Crippen molar-refractivity contribution in [2.45, 2.75) is 38.8 Å². The molecule has 3 atom stereocenters. The Labute approximate surface area is 206 Å². The van der Waals surface area contributed by atoms with Gasteiger partial charge in [-0.05, 0) is 73.2 Å². The van der Waals surface area contributed by atoms with Crippen LogP contribution in [0.4, 0.5) is 5.69 Å². The second-order valence-corrected chi connectivity index (χ2v) is 8.91. The van der Waals surface area contributed by atoms with E-state index in [0.29, 0.717) is 31.3 Å². The van der Waals surface area contributed by atoms with Gasteiger partial charge in [-0.1, -0.05) is 48.6 Å². The fraction of sp³-hybridized carbons (Fsp3) is 0.300. The van der Waals surface area contributed by atoms with E-state index >= 15 is 0 Å². The summed E-state index contributed by atoms with van der Waals surface area (Å²) in [5, 5.41) is 3.74. The Morgan fingerprint density at radius 3 is 2.60 bits per heavy atom. The summed E-state index contributed by atoms with van der Waals surface area (Å²) in [6.07, 6.45) is 5.49. The topological polar surface area (TPSA) is 56.8 Å². The van der Waals surface area contributed by atoms with E-state index in [4.69, 9.17) is 14.2 Å². The molecule has 5 rings (SSSR count). The molecule has 0 bridgehead atoms. The van der Waals surface area contributed by atoms with Crippen LogP contribution >= 0.6 is 0 Å². The van der Waals surface area contributed by atoms with Crippen LogP contribution in [0, 0.1) is 5.92 Å². The van der Waals surface area contributed by atoms with Crippen LogP contribution < -0.4 is 14.8 Å². The predicted octanol–water partition coefficient (Wildman–Crippen LogP) is 6.67. The van der Waals surface area contributed by atoms with Crippen molar-refractivity contribution in [2.75, 3.05) is 18.5 Å². The summed E-state index contributed by atoms with van der Waals surface area (Å²) >= 11 is 0. The summed E-state index contributed by atoms with van der Waals surface area (Å²) in [5.41, 5.74) is 5.09. The Morgan fingerprint density at radius 2 is 1.80 bits per heavy atom. The third kappa shape index (κ3) is 4.76. The van der Waals surface area contributed by atoms with E-state index in [2.05, 4.69) is 41.7 Å². The van der Waals surface area contributed by atoms with Crippen LogP contribution in [-0.4, -0.2) is 19.2 Å². The lowest BCUT2D eigenvalue weighted by Gasteiger charge is -2.38. The van der Waals surface area contributed by atoms with E-state index in [9.17, 15) is 4.79 Å². The minimum atomic E-state index is -0.275. The van der Waals surface area contributed by atoms with E-state index < -0.39 is 0 Å². The van der Waals surface area contributed by atoms with Crippen LogP contribution in [0.5, 0.6) is 11.5 Å². The Kier molecular flexibility index (Phi) is 6.75. The first-order valence-corrected chi connectivity index (χ1v) is 12.4. The number of allylic oxidation sites excluding steroid dienone is 2. The van der Waals surface area contributed by atoms with Gasteiger partial charge in [0.15, 0.2) is 11.5 Å². The van der Waals surface area contributed by atoms with Gasteiger partial charge in [-0.3, -0.25) is 0 Å². The average Bonchev–Trinajstić information content (AvgIpc) is 3.38. The number of benzene rings is 3. The van der Waals surface area contributed by atoms with Gasteiger partial charge in [0.2, 0.25) is 0 Å². The molecule has 5 heteroatoms. The fourth-order valence-corrected chi connectivity index (χ4v) is 5.11. The highest BCUT2D eigenvalue weighted by Gasteiger charge is 2.38. The van der Waals surface area contributed by atoms with Crippen LogP contribution in [0.25, 0.3) is 0 Å². The second-order valence-electron chi connectivity index (χ2n) is 8.91. The van der Waals surface area contributed by atoms with Crippen molar-refractivity contribution in [3.05, 3.63) is 101 Å². The first-order valence-electron chi connectivity index (χ1n) is 12.4. The fourth-order valence-electron chi connectivity index (χ4n) is 5.11. The zero-order chi connectivity index (χ0) is 24.2. The van der Waals surface area contributed by atoms with Crippen molar-refractivity contribution in [2.24, 2.45) is 5.92 Å². The number of rotatable bonds is 8. The van der Waals surface area contributed by atoms with E-state index in [1.807, 2.05) is 56.3 Å². The van der Waals surface area contributed by atoms with Gasteiger partial charge in [-0.15, -0.1) is 0 Å². The summed E-state index contributed by atoms with van der Waals surface area (Å²) in [6, 6.07) is 22.3. The van der Waals surface area contributed by atoms with E-state index in [1.54, 1.807) is 0 Å². The van der Waals surface area contributed by atoms with Crippen molar-refractivity contribution in [3.8, 4) is 11.5 Å². The number of hydrogen-bond acceptors (Lipinski definition) is 5. The summed E-state index contributed by atoms with van der Waals surface area (Å²) in [6.45, 7) is 5.24. The van der Waals surface area contributed by atoms with Crippen LogP contribution in [0.1, 0.15) is 59.3 Å². The number of hydrogen-bond donors (Lipinski definition) is 1. The van der Waals surface area contributed by atoms with Gasteiger partial charge in [-0.2, -0.15) is 0 Å². The molecule has 0 amide bonds. The molecule has 3 aromatic rings. The maximum atomic E-state index is 12.3. The molecule has 2 aliphatic rings. The van der Waals surface area contributed by atoms with Gasteiger partial charge >= 0.3 is 5.97 Å². The molecule has 0 fully saturated rings. The van der Waals surface area contributed by atoms with Gasteiger partial charge in [0.05, 0.1) is 24.8 Å².